The van der Waals surface area contributed by atoms with Crippen LogP contribution in [0.15, 0.2) is 30.3 Å². The van der Waals surface area contributed by atoms with E-state index in [0.29, 0.717) is 23.3 Å². The third kappa shape index (κ3) is 8.55. The van der Waals surface area contributed by atoms with Gasteiger partial charge in [0.2, 0.25) is 11.8 Å². The molecule has 3 fully saturated rings. The zero-order valence-corrected chi connectivity index (χ0v) is 24.1. The van der Waals surface area contributed by atoms with Crippen LogP contribution in [0.1, 0.15) is 50.5 Å². The molecule has 10 heteroatoms. The molecule has 1 aliphatic carbocycles. The van der Waals surface area contributed by atoms with Crippen molar-refractivity contribution >= 4 is 41.4 Å². The molecule has 1 unspecified atom stereocenters. The van der Waals surface area contributed by atoms with Crippen LogP contribution in [-0.2, 0) is 20.9 Å². The van der Waals surface area contributed by atoms with Crippen LogP contribution in [0.25, 0.3) is 0 Å². The number of nitrogens with zero attached hydrogens (tertiary/aromatic N) is 2. The first kappa shape index (κ1) is 29.1. The molecule has 0 radical (unpaired) electrons. The lowest BCUT2D eigenvalue weighted by molar-refractivity contribution is -0.130. The maximum Gasteiger partial charge on any atom is 0.410 e. The predicted molar refractivity (Wildman–Crippen MR) is 154 cm³/mol. The van der Waals surface area contributed by atoms with Gasteiger partial charge in [-0.25, -0.2) is 4.79 Å². The number of ether oxygens (including phenoxy) is 1. The van der Waals surface area contributed by atoms with Crippen molar-refractivity contribution in [3.05, 3.63) is 35.9 Å². The lowest BCUT2D eigenvalue weighted by Gasteiger charge is -2.33. The number of nitrogens with one attached hydrogen (secondary N) is 2. The molecule has 1 aromatic rings. The Morgan fingerprint density at radius 3 is 2.53 bits per heavy atom. The zero-order valence-electron chi connectivity index (χ0n) is 22.4. The van der Waals surface area contributed by atoms with E-state index in [9.17, 15) is 14.4 Å². The van der Waals surface area contributed by atoms with Crippen molar-refractivity contribution in [1.29, 1.82) is 0 Å². The van der Waals surface area contributed by atoms with Crippen molar-refractivity contribution in [2.75, 3.05) is 43.3 Å². The van der Waals surface area contributed by atoms with Crippen LogP contribution in [0, 0.1) is 5.92 Å². The zero-order chi connectivity index (χ0) is 26.7. The van der Waals surface area contributed by atoms with Gasteiger partial charge in [-0.15, -0.1) is 11.8 Å². The second-order valence-corrected chi connectivity index (χ2v) is 12.7. The minimum absolute atomic E-state index is 0.103. The number of hydrogen-bond donors (Lipinski definition) is 2. The summed E-state index contributed by atoms with van der Waals surface area (Å²) in [6, 6.07) is 9.33. The molecule has 3 aliphatic rings. The van der Waals surface area contributed by atoms with Crippen LogP contribution < -0.4 is 10.6 Å². The minimum Gasteiger partial charge on any atom is -0.453 e. The van der Waals surface area contributed by atoms with Gasteiger partial charge in [-0.1, -0.05) is 49.6 Å². The molecule has 0 spiro atoms. The molecule has 2 aliphatic heterocycles. The molecule has 0 aromatic heterocycles. The molecule has 4 rings (SSSR count). The van der Waals surface area contributed by atoms with Gasteiger partial charge in [0, 0.05) is 37.2 Å². The van der Waals surface area contributed by atoms with E-state index in [0.717, 1.165) is 38.2 Å². The Balaban J connectivity index is 1.30. The maximum atomic E-state index is 13.4. The van der Waals surface area contributed by atoms with E-state index in [1.807, 2.05) is 6.07 Å². The third-order valence-corrected chi connectivity index (χ3v) is 10.1. The number of carbonyl (C=O) groups excluding carboxylic acids is 3. The SMILES string of the molecule is COC(=O)N1CSC[C@H]1C(=O)NC(CSCC1CCCCC1)C(=O)NC1CCN(Cc2ccccc2)CC1. The van der Waals surface area contributed by atoms with E-state index in [2.05, 4.69) is 39.8 Å². The summed E-state index contributed by atoms with van der Waals surface area (Å²) in [7, 11) is 1.32. The summed E-state index contributed by atoms with van der Waals surface area (Å²) in [6.07, 6.45) is 7.69. The predicted octanol–water partition coefficient (Wildman–Crippen LogP) is 3.71. The Morgan fingerprint density at radius 1 is 1.08 bits per heavy atom. The van der Waals surface area contributed by atoms with Crippen molar-refractivity contribution in [2.24, 2.45) is 5.92 Å². The van der Waals surface area contributed by atoms with Crippen molar-refractivity contribution in [2.45, 2.75) is 69.6 Å². The van der Waals surface area contributed by atoms with Crippen LogP contribution >= 0.6 is 23.5 Å². The van der Waals surface area contributed by atoms with Crippen molar-refractivity contribution < 1.29 is 19.1 Å². The van der Waals surface area contributed by atoms with Crippen LogP contribution in [0.3, 0.4) is 0 Å². The summed E-state index contributed by atoms with van der Waals surface area (Å²) in [5.41, 5.74) is 1.30. The average molecular weight is 563 g/mol. The number of likely N-dealkylation sites (tertiary alicyclic amines) is 1. The Morgan fingerprint density at radius 2 is 1.82 bits per heavy atom. The van der Waals surface area contributed by atoms with Gasteiger partial charge in [-0.3, -0.25) is 19.4 Å². The number of rotatable bonds is 10. The van der Waals surface area contributed by atoms with E-state index in [1.54, 1.807) is 11.8 Å². The number of methoxy groups -OCH3 is 1. The van der Waals surface area contributed by atoms with Gasteiger partial charge in [-0.05, 0) is 42.9 Å². The van der Waals surface area contributed by atoms with E-state index < -0.39 is 18.2 Å². The first-order chi connectivity index (χ1) is 18.5. The molecule has 2 N–H and O–H groups in total. The number of benzene rings is 1. The van der Waals surface area contributed by atoms with Crippen molar-refractivity contribution in [3.63, 3.8) is 0 Å². The van der Waals surface area contributed by atoms with Crippen molar-refractivity contribution in [1.82, 2.24) is 20.4 Å². The Bertz CT molecular complexity index is 907. The molecule has 2 atom stereocenters. The number of piperidine rings is 1. The van der Waals surface area contributed by atoms with Gasteiger partial charge >= 0.3 is 6.09 Å². The number of hydrogen-bond acceptors (Lipinski definition) is 7. The van der Waals surface area contributed by atoms with E-state index in [-0.39, 0.29) is 17.9 Å². The monoisotopic (exact) mass is 562 g/mol. The van der Waals surface area contributed by atoms with Gasteiger partial charge < -0.3 is 15.4 Å². The Hall–Kier alpha value is -1.91. The lowest BCUT2D eigenvalue weighted by atomic mass is 9.91. The second-order valence-electron chi connectivity index (χ2n) is 10.6. The molecule has 3 amide bonds. The average Bonchev–Trinajstić information content (AvgIpc) is 3.44. The van der Waals surface area contributed by atoms with Gasteiger partial charge in [-0.2, -0.15) is 11.8 Å². The summed E-state index contributed by atoms with van der Waals surface area (Å²) < 4.78 is 4.85. The quantitative estimate of drug-likeness (QED) is 0.449. The van der Waals surface area contributed by atoms with Gasteiger partial charge in [0.05, 0.1) is 13.0 Å². The topological polar surface area (TPSA) is 91.0 Å². The summed E-state index contributed by atoms with van der Waals surface area (Å²) in [5.74, 6) is 2.78. The fourth-order valence-corrected chi connectivity index (χ4v) is 7.91. The van der Waals surface area contributed by atoms with E-state index >= 15 is 0 Å². The fraction of sp³-hybridized carbons (Fsp3) is 0.679. The summed E-state index contributed by atoms with van der Waals surface area (Å²) in [5, 5.41) is 6.22. The van der Waals surface area contributed by atoms with Gasteiger partial charge in [0.25, 0.3) is 0 Å². The van der Waals surface area contributed by atoms with E-state index in [4.69, 9.17) is 4.74 Å². The Kier molecular flexibility index (Phi) is 11.5. The standard InChI is InChI=1S/C28H42N4O4S2/c1-36-28(35)32-20-38-19-25(32)27(34)30-24(18-37-17-22-10-6-3-7-11-22)26(33)29-23-12-14-31(15-13-23)16-21-8-4-2-5-9-21/h2,4-5,8-9,22-25H,3,6-7,10-20H2,1H3,(H,29,33)(H,30,34)/t24?,25-/m0/s1. The second kappa shape index (κ2) is 15.0. The molecule has 38 heavy (non-hydrogen) atoms. The summed E-state index contributed by atoms with van der Waals surface area (Å²) >= 11 is 3.28. The highest BCUT2D eigenvalue weighted by atomic mass is 32.2. The minimum atomic E-state index is -0.622. The van der Waals surface area contributed by atoms with Crippen molar-refractivity contribution in [3.8, 4) is 0 Å². The van der Waals surface area contributed by atoms with Gasteiger partial charge in [0.1, 0.15) is 12.1 Å². The van der Waals surface area contributed by atoms with Crippen LogP contribution in [0.4, 0.5) is 4.79 Å². The largest absolute Gasteiger partial charge is 0.453 e. The smallest absolute Gasteiger partial charge is 0.410 e. The Labute approximate surface area is 235 Å². The normalized spacial score (nSPS) is 22.1. The molecular formula is C28H42N4O4S2. The van der Waals surface area contributed by atoms with E-state index in [1.165, 1.54) is 61.4 Å². The highest BCUT2D eigenvalue weighted by Crippen LogP contribution is 2.27. The molecule has 2 heterocycles. The van der Waals surface area contributed by atoms with Crippen LogP contribution in [-0.4, -0.2) is 89.2 Å². The number of thioether (sulfide) groups is 2. The molecule has 0 bridgehead atoms. The van der Waals surface area contributed by atoms with Gasteiger partial charge in [0.15, 0.2) is 0 Å². The summed E-state index contributed by atoms with van der Waals surface area (Å²) in [6.45, 7) is 2.79. The highest BCUT2D eigenvalue weighted by molar-refractivity contribution is 7.99. The number of carbonyl (C=O) groups is 3. The molecule has 2 saturated heterocycles. The summed E-state index contributed by atoms with van der Waals surface area (Å²) in [4.78, 5) is 42.6. The third-order valence-electron chi connectivity index (χ3n) is 7.77. The number of amides is 3. The lowest BCUT2D eigenvalue weighted by Crippen LogP contribution is -2.56. The molecule has 8 nitrogen and oxygen atoms in total. The molecule has 1 saturated carbocycles. The molecular weight excluding hydrogens is 520 g/mol. The first-order valence-corrected chi connectivity index (χ1v) is 16.2. The van der Waals surface area contributed by atoms with Crippen LogP contribution in [0.5, 0.6) is 0 Å². The molecule has 1 aromatic carbocycles. The highest BCUT2D eigenvalue weighted by Gasteiger charge is 2.37. The molecule has 210 valence electrons. The van der Waals surface area contributed by atoms with Crippen LogP contribution in [0.2, 0.25) is 0 Å². The first-order valence-electron chi connectivity index (χ1n) is 13.9. The fourth-order valence-electron chi connectivity index (χ4n) is 5.49. The maximum absolute atomic E-state index is 13.4.